The molecule has 1 aliphatic rings. The molecule has 2 aromatic heterocycles. The number of aryl methyl sites for hydroxylation is 1. The fraction of sp³-hybridized carbons (Fsp3) is 0.211. The van der Waals surface area contributed by atoms with Crippen molar-refractivity contribution < 1.29 is 14.0 Å². The number of hydrogen-bond acceptors (Lipinski definition) is 6. The molecule has 1 aliphatic carbocycles. The van der Waals surface area contributed by atoms with Crippen LogP contribution in [0.2, 0.25) is 0 Å². The summed E-state index contributed by atoms with van der Waals surface area (Å²) >= 11 is 0. The van der Waals surface area contributed by atoms with Crippen LogP contribution in [-0.4, -0.2) is 20.7 Å². The Morgan fingerprint density at radius 2 is 1.88 bits per heavy atom. The molecule has 2 aromatic carbocycles. The standard InChI is InChI=1S/C18H16N4O.CO2/c1-22-15-5-3-2-4-13(15)19-17(22)21-18-20-14-9-8-12(11-6-7-11)10-16(14)23-18;2-1-3/h2-5,8-11H,6-7H2,1H3,(H,19,20,21);. The Hall–Kier alpha value is -3.44. The summed E-state index contributed by atoms with van der Waals surface area (Å²) in [7, 11) is 1.98. The van der Waals surface area contributed by atoms with Crippen LogP contribution in [0.5, 0.6) is 0 Å². The molecule has 5 rings (SSSR count). The van der Waals surface area contributed by atoms with E-state index in [1.807, 2.05) is 41.9 Å². The Labute approximate surface area is 148 Å². The van der Waals surface area contributed by atoms with Gasteiger partial charge in [-0.2, -0.15) is 14.6 Å². The zero-order valence-corrected chi connectivity index (χ0v) is 14.1. The number of imidazole rings is 1. The molecule has 0 bridgehead atoms. The van der Waals surface area contributed by atoms with E-state index in [2.05, 4.69) is 27.4 Å². The van der Waals surface area contributed by atoms with Gasteiger partial charge in [0.25, 0.3) is 0 Å². The molecule has 7 heteroatoms. The zero-order valence-electron chi connectivity index (χ0n) is 14.1. The maximum Gasteiger partial charge on any atom is 0.373 e. The maximum absolute atomic E-state index is 8.12. The van der Waals surface area contributed by atoms with E-state index in [0.29, 0.717) is 11.9 Å². The summed E-state index contributed by atoms with van der Waals surface area (Å²) in [5, 5.41) is 3.19. The van der Waals surface area contributed by atoms with Gasteiger partial charge in [0, 0.05) is 7.05 Å². The molecule has 7 nitrogen and oxygen atoms in total. The van der Waals surface area contributed by atoms with Crippen molar-refractivity contribution >= 4 is 40.2 Å². The third-order valence-electron chi connectivity index (χ3n) is 4.47. The first-order chi connectivity index (χ1) is 12.7. The lowest BCUT2D eigenvalue weighted by Crippen LogP contribution is -1.98. The van der Waals surface area contributed by atoms with Crippen LogP contribution < -0.4 is 5.32 Å². The average Bonchev–Trinajstić information content (AvgIpc) is 3.34. The molecule has 0 amide bonds. The number of rotatable bonds is 3. The van der Waals surface area contributed by atoms with Crippen molar-refractivity contribution in [2.24, 2.45) is 7.05 Å². The Morgan fingerprint density at radius 1 is 1.12 bits per heavy atom. The minimum Gasteiger partial charge on any atom is -0.423 e. The SMILES string of the molecule is Cn1c(Nc2nc3ccc(C4CC4)cc3o2)nc2ccccc21.O=C=O. The number of para-hydroxylation sites is 2. The number of carbonyl (C=O) groups excluding carboxylic acids is 2. The van der Waals surface area contributed by atoms with E-state index in [1.165, 1.54) is 18.4 Å². The molecule has 0 spiro atoms. The van der Waals surface area contributed by atoms with Gasteiger partial charge in [0.1, 0.15) is 5.52 Å². The third-order valence-corrected chi connectivity index (χ3v) is 4.47. The lowest BCUT2D eigenvalue weighted by Gasteiger charge is -2.01. The highest BCUT2D eigenvalue weighted by Gasteiger charge is 2.24. The molecule has 1 fully saturated rings. The summed E-state index contributed by atoms with van der Waals surface area (Å²) in [5.74, 6) is 1.43. The van der Waals surface area contributed by atoms with Crippen molar-refractivity contribution in [1.82, 2.24) is 14.5 Å². The van der Waals surface area contributed by atoms with E-state index < -0.39 is 0 Å². The number of benzene rings is 2. The summed E-state index contributed by atoms with van der Waals surface area (Å²) in [6.45, 7) is 0. The lowest BCUT2D eigenvalue weighted by atomic mass is 10.1. The van der Waals surface area contributed by atoms with Gasteiger partial charge in [-0.1, -0.05) is 18.2 Å². The van der Waals surface area contributed by atoms with E-state index >= 15 is 0 Å². The molecule has 26 heavy (non-hydrogen) atoms. The number of aromatic nitrogens is 3. The third kappa shape index (κ3) is 2.96. The molecular formula is C19H16N4O3. The summed E-state index contributed by atoms with van der Waals surface area (Å²) in [6, 6.07) is 14.8. The number of oxazole rings is 1. The predicted molar refractivity (Wildman–Crippen MR) is 95.0 cm³/mol. The molecular weight excluding hydrogens is 332 g/mol. The Bertz CT molecular complexity index is 1120. The minimum atomic E-state index is 0.250. The van der Waals surface area contributed by atoms with Crippen LogP contribution in [-0.2, 0) is 16.6 Å². The second-order valence-corrected chi connectivity index (χ2v) is 6.21. The normalized spacial score (nSPS) is 13.3. The van der Waals surface area contributed by atoms with Crippen LogP contribution in [0, 0.1) is 0 Å². The van der Waals surface area contributed by atoms with Gasteiger partial charge < -0.3 is 8.98 Å². The Balaban J connectivity index is 0.000000527. The van der Waals surface area contributed by atoms with Crippen LogP contribution >= 0.6 is 0 Å². The van der Waals surface area contributed by atoms with Gasteiger partial charge in [0.15, 0.2) is 5.58 Å². The summed E-state index contributed by atoms with van der Waals surface area (Å²) < 4.78 is 7.87. The summed E-state index contributed by atoms with van der Waals surface area (Å²) in [4.78, 5) is 25.3. The van der Waals surface area contributed by atoms with Crippen molar-refractivity contribution in [1.29, 1.82) is 0 Å². The molecule has 0 saturated heterocycles. The molecule has 0 aliphatic heterocycles. The zero-order chi connectivity index (χ0) is 18.1. The summed E-state index contributed by atoms with van der Waals surface area (Å²) in [6.07, 6.45) is 2.81. The quantitative estimate of drug-likeness (QED) is 0.606. The highest BCUT2D eigenvalue weighted by molar-refractivity contribution is 5.80. The molecule has 0 atom stereocenters. The van der Waals surface area contributed by atoms with E-state index in [0.717, 1.165) is 28.1 Å². The van der Waals surface area contributed by atoms with Gasteiger partial charge >= 0.3 is 12.2 Å². The van der Waals surface area contributed by atoms with Gasteiger partial charge in [-0.15, -0.1) is 0 Å². The van der Waals surface area contributed by atoms with Crippen LogP contribution in [0.3, 0.4) is 0 Å². The van der Waals surface area contributed by atoms with E-state index in [1.54, 1.807) is 0 Å². The number of hydrogen-bond donors (Lipinski definition) is 1. The van der Waals surface area contributed by atoms with Gasteiger partial charge in [-0.25, -0.2) is 4.98 Å². The van der Waals surface area contributed by atoms with Crippen molar-refractivity contribution in [3.63, 3.8) is 0 Å². The fourth-order valence-corrected chi connectivity index (χ4v) is 3.02. The molecule has 0 unspecified atom stereocenters. The van der Waals surface area contributed by atoms with Gasteiger partial charge in [-0.05, 0) is 48.6 Å². The van der Waals surface area contributed by atoms with Gasteiger partial charge in [0.2, 0.25) is 5.95 Å². The van der Waals surface area contributed by atoms with E-state index in [9.17, 15) is 0 Å². The largest absolute Gasteiger partial charge is 0.423 e. The predicted octanol–water partition coefficient (Wildman–Crippen LogP) is 3.75. The van der Waals surface area contributed by atoms with Crippen LogP contribution in [0.25, 0.3) is 22.1 Å². The Kier molecular flexibility index (Phi) is 3.99. The molecule has 2 heterocycles. The monoisotopic (exact) mass is 348 g/mol. The van der Waals surface area contributed by atoms with Crippen molar-refractivity contribution in [3.8, 4) is 0 Å². The average molecular weight is 348 g/mol. The molecule has 0 radical (unpaired) electrons. The topological polar surface area (TPSA) is 90.0 Å². The first-order valence-corrected chi connectivity index (χ1v) is 8.28. The van der Waals surface area contributed by atoms with Crippen LogP contribution in [0.4, 0.5) is 12.0 Å². The van der Waals surface area contributed by atoms with E-state index in [-0.39, 0.29) is 6.15 Å². The fourth-order valence-electron chi connectivity index (χ4n) is 3.02. The Morgan fingerprint density at radius 3 is 2.62 bits per heavy atom. The van der Waals surface area contributed by atoms with Crippen LogP contribution in [0.1, 0.15) is 24.3 Å². The minimum absolute atomic E-state index is 0.250. The van der Waals surface area contributed by atoms with E-state index in [4.69, 9.17) is 14.0 Å². The summed E-state index contributed by atoms with van der Waals surface area (Å²) in [5.41, 5.74) is 5.07. The van der Waals surface area contributed by atoms with Gasteiger partial charge in [0.05, 0.1) is 11.0 Å². The highest BCUT2D eigenvalue weighted by Crippen LogP contribution is 2.41. The molecule has 1 N–H and O–H groups in total. The molecule has 4 aromatic rings. The van der Waals surface area contributed by atoms with Gasteiger partial charge in [-0.3, -0.25) is 5.32 Å². The number of anilines is 2. The first-order valence-electron chi connectivity index (χ1n) is 8.28. The lowest BCUT2D eigenvalue weighted by molar-refractivity contribution is -0.191. The molecule has 130 valence electrons. The smallest absolute Gasteiger partial charge is 0.373 e. The first kappa shape index (κ1) is 16.1. The van der Waals surface area contributed by atoms with Crippen molar-refractivity contribution in [3.05, 3.63) is 48.0 Å². The van der Waals surface area contributed by atoms with Crippen molar-refractivity contribution in [2.75, 3.05) is 5.32 Å². The van der Waals surface area contributed by atoms with Crippen molar-refractivity contribution in [2.45, 2.75) is 18.8 Å². The maximum atomic E-state index is 8.12. The second kappa shape index (κ2) is 6.46. The second-order valence-electron chi connectivity index (χ2n) is 6.21. The highest BCUT2D eigenvalue weighted by atomic mass is 16.4. The number of fused-ring (bicyclic) bond motifs is 2. The number of nitrogens with zero attached hydrogens (tertiary/aromatic N) is 3. The number of nitrogens with one attached hydrogen (secondary N) is 1. The van der Waals surface area contributed by atoms with Crippen LogP contribution in [0.15, 0.2) is 46.9 Å². The molecule has 1 saturated carbocycles.